The van der Waals surface area contributed by atoms with Crippen molar-refractivity contribution in [3.8, 4) is 17.2 Å². The van der Waals surface area contributed by atoms with E-state index in [0.717, 1.165) is 5.56 Å². The summed E-state index contributed by atoms with van der Waals surface area (Å²) in [6, 6.07) is 19.3. The lowest BCUT2D eigenvalue weighted by Crippen LogP contribution is -2.43. The third-order valence-electron chi connectivity index (χ3n) is 6.45. The van der Waals surface area contributed by atoms with Gasteiger partial charge >= 0.3 is 5.97 Å². The number of hydrogen-bond donors (Lipinski definition) is 1. The van der Waals surface area contributed by atoms with Gasteiger partial charge in [-0.15, -0.1) is 0 Å². The van der Waals surface area contributed by atoms with Crippen molar-refractivity contribution in [1.82, 2.24) is 4.90 Å². The molecule has 0 bridgehead atoms. The van der Waals surface area contributed by atoms with Crippen molar-refractivity contribution in [2.75, 3.05) is 19.5 Å². The Morgan fingerprint density at radius 2 is 1.76 bits per heavy atom. The van der Waals surface area contributed by atoms with Gasteiger partial charge in [0.1, 0.15) is 24.0 Å². The fourth-order valence-electron chi connectivity index (χ4n) is 4.64. The molecule has 2 aliphatic rings. The van der Waals surface area contributed by atoms with Crippen LogP contribution < -0.4 is 19.5 Å². The maximum atomic E-state index is 13.2. The van der Waals surface area contributed by atoms with E-state index in [9.17, 15) is 14.4 Å². The van der Waals surface area contributed by atoms with Gasteiger partial charge in [0.15, 0.2) is 11.5 Å². The number of hydrogen-bond acceptors (Lipinski definition) is 7. The Balaban J connectivity index is 1.30. The summed E-state index contributed by atoms with van der Waals surface area (Å²) >= 11 is 0. The van der Waals surface area contributed by atoms with Crippen LogP contribution in [-0.2, 0) is 20.9 Å². The molecular weight excluding hydrogens is 476 g/mol. The number of nitrogens with one attached hydrogen (secondary N) is 1. The van der Waals surface area contributed by atoms with Gasteiger partial charge in [-0.2, -0.15) is 0 Å². The second-order valence-electron chi connectivity index (χ2n) is 8.67. The fraction of sp³-hybridized carbons (Fsp3) is 0.250. The zero-order valence-corrected chi connectivity index (χ0v) is 20.4. The van der Waals surface area contributed by atoms with Crippen LogP contribution in [0.15, 0.2) is 66.7 Å². The molecule has 2 aliphatic heterocycles. The van der Waals surface area contributed by atoms with Crippen LogP contribution in [0, 0.1) is 0 Å². The zero-order valence-electron chi connectivity index (χ0n) is 20.4. The van der Waals surface area contributed by atoms with E-state index in [1.807, 2.05) is 30.3 Å². The molecule has 0 saturated carbocycles. The molecule has 9 nitrogen and oxygen atoms in total. The van der Waals surface area contributed by atoms with E-state index in [-0.39, 0.29) is 29.5 Å². The molecule has 1 fully saturated rings. The minimum Gasteiger partial charge on any atom is -0.493 e. The molecule has 3 aromatic rings. The number of carbonyl (C=O) groups is 3. The lowest BCUT2D eigenvalue weighted by Gasteiger charge is -2.29. The maximum Gasteiger partial charge on any atom is 0.344 e. The van der Waals surface area contributed by atoms with Crippen molar-refractivity contribution in [2.45, 2.75) is 31.7 Å². The molecule has 9 heteroatoms. The van der Waals surface area contributed by atoms with Gasteiger partial charge in [-0.25, -0.2) is 4.79 Å². The Hall–Kier alpha value is -4.53. The highest BCUT2D eigenvalue weighted by Gasteiger charge is 2.47. The fourth-order valence-corrected chi connectivity index (χ4v) is 4.64. The van der Waals surface area contributed by atoms with E-state index in [4.69, 9.17) is 18.9 Å². The smallest absolute Gasteiger partial charge is 0.344 e. The minimum absolute atomic E-state index is 0.168. The van der Waals surface area contributed by atoms with Crippen molar-refractivity contribution in [3.05, 3.63) is 83.4 Å². The molecule has 0 radical (unpaired) electrons. The minimum atomic E-state index is -1.03. The highest BCUT2D eigenvalue weighted by Crippen LogP contribution is 2.45. The summed E-state index contributed by atoms with van der Waals surface area (Å²) in [5.41, 5.74) is 2.26. The zero-order chi connectivity index (χ0) is 25.9. The topological polar surface area (TPSA) is 103 Å². The van der Waals surface area contributed by atoms with Crippen LogP contribution in [0.3, 0.4) is 0 Å². The summed E-state index contributed by atoms with van der Waals surface area (Å²) in [6.07, 6.45) is -0.553. The first-order valence-electron chi connectivity index (χ1n) is 11.8. The lowest BCUT2D eigenvalue weighted by molar-refractivity contribution is -0.144. The monoisotopic (exact) mass is 502 g/mol. The highest BCUT2D eigenvalue weighted by atomic mass is 16.6. The van der Waals surface area contributed by atoms with E-state index in [0.29, 0.717) is 35.8 Å². The van der Waals surface area contributed by atoms with E-state index in [1.54, 1.807) is 36.4 Å². The van der Waals surface area contributed by atoms with Crippen LogP contribution >= 0.6 is 0 Å². The molecule has 37 heavy (non-hydrogen) atoms. The van der Waals surface area contributed by atoms with Gasteiger partial charge in [-0.3, -0.25) is 14.5 Å². The van der Waals surface area contributed by atoms with Crippen LogP contribution in [0.5, 0.6) is 17.2 Å². The van der Waals surface area contributed by atoms with Crippen LogP contribution in [-0.4, -0.2) is 42.9 Å². The number of anilines is 1. The van der Waals surface area contributed by atoms with Crippen LogP contribution in [0.1, 0.15) is 40.6 Å². The number of benzene rings is 3. The second-order valence-corrected chi connectivity index (χ2v) is 8.67. The van der Waals surface area contributed by atoms with Crippen LogP contribution in [0.4, 0.5) is 5.69 Å². The lowest BCUT2D eigenvalue weighted by atomic mass is 10.1. The molecule has 5 rings (SSSR count). The average Bonchev–Trinajstić information content (AvgIpc) is 3.47. The number of rotatable bonds is 8. The van der Waals surface area contributed by atoms with Crippen LogP contribution in [0.2, 0.25) is 0 Å². The third kappa shape index (κ3) is 4.67. The first-order chi connectivity index (χ1) is 18.0. The van der Waals surface area contributed by atoms with Crippen molar-refractivity contribution in [3.63, 3.8) is 0 Å². The van der Waals surface area contributed by atoms with Crippen molar-refractivity contribution < 1.29 is 33.3 Å². The summed E-state index contributed by atoms with van der Waals surface area (Å²) in [6.45, 7) is 0.434. The maximum absolute atomic E-state index is 13.2. The molecule has 3 aromatic carbocycles. The Kier molecular flexibility index (Phi) is 6.68. The number of cyclic esters (lactones) is 1. The number of fused-ring (bicyclic) bond motifs is 1. The summed E-state index contributed by atoms with van der Waals surface area (Å²) in [5, 5.41) is 2.86. The van der Waals surface area contributed by atoms with E-state index < -0.39 is 18.2 Å². The molecule has 0 aromatic heterocycles. The summed E-state index contributed by atoms with van der Waals surface area (Å²) < 4.78 is 22.0. The quantitative estimate of drug-likeness (QED) is 0.463. The van der Waals surface area contributed by atoms with Crippen LogP contribution in [0.25, 0.3) is 0 Å². The van der Waals surface area contributed by atoms with Gasteiger partial charge in [0.05, 0.1) is 14.2 Å². The van der Waals surface area contributed by atoms with Gasteiger partial charge in [0.2, 0.25) is 18.0 Å². The van der Waals surface area contributed by atoms with Gasteiger partial charge in [-0.05, 0) is 48.4 Å². The van der Waals surface area contributed by atoms with E-state index in [2.05, 4.69) is 5.32 Å². The van der Waals surface area contributed by atoms with Gasteiger partial charge in [0, 0.05) is 17.7 Å². The number of methoxy groups -OCH3 is 2. The molecule has 2 amide bonds. The molecule has 0 spiro atoms. The molecule has 1 N–H and O–H groups in total. The van der Waals surface area contributed by atoms with Gasteiger partial charge in [-0.1, -0.05) is 30.3 Å². The predicted molar refractivity (Wildman–Crippen MR) is 133 cm³/mol. The molecule has 1 saturated heterocycles. The number of amides is 2. The summed E-state index contributed by atoms with van der Waals surface area (Å²) in [7, 11) is 2.89. The molecule has 0 unspecified atom stereocenters. The Labute approximate surface area is 213 Å². The number of likely N-dealkylation sites (tertiary alicyclic amines) is 1. The standard InChI is InChI=1S/C28H26N2O7/c1-34-22-14-12-20-24(25(22)35-2)28(33)37-27(20)30-21(13-15-23(30)31)26(32)29-18-8-10-19(11-9-18)36-16-17-6-4-3-5-7-17/h3-12,14,21,27H,13,15-16H2,1-2H3,(H,29,32)/t21-,27-/m0/s1. The summed E-state index contributed by atoms with van der Waals surface area (Å²) in [5.74, 6) is -0.00935. The number of carbonyl (C=O) groups excluding carboxylic acids is 3. The molecular formula is C28H26N2O7. The molecule has 2 atom stereocenters. The van der Waals surface area contributed by atoms with Crippen molar-refractivity contribution >= 4 is 23.5 Å². The second kappa shape index (κ2) is 10.2. The predicted octanol–water partition coefficient (Wildman–Crippen LogP) is 4.08. The van der Waals surface area contributed by atoms with Gasteiger partial charge < -0.3 is 24.3 Å². The third-order valence-corrected chi connectivity index (χ3v) is 6.45. The Morgan fingerprint density at radius 3 is 2.46 bits per heavy atom. The summed E-state index contributed by atoms with van der Waals surface area (Å²) in [4.78, 5) is 40.1. The highest BCUT2D eigenvalue weighted by molar-refractivity contribution is 6.01. The Morgan fingerprint density at radius 1 is 1.00 bits per heavy atom. The van der Waals surface area contributed by atoms with Gasteiger partial charge in [0.25, 0.3) is 0 Å². The first-order valence-corrected chi connectivity index (χ1v) is 11.8. The number of esters is 1. The van der Waals surface area contributed by atoms with Crippen molar-refractivity contribution in [2.24, 2.45) is 0 Å². The van der Waals surface area contributed by atoms with Crippen molar-refractivity contribution in [1.29, 1.82) is 0 Å². The molecule has 0 aliphatic carbocycles. The average molecular weight is 503 g/mol. The normalized spacial score (nSPS) is 18.3. The largest absolute Gasteiger partial charge is 0.493 e. The SMILES string of the molecule is COc1ccc2c(c1OC)C(=O)O[C@@H]2N1C(=O)CC[C@H]1C(=O)Nc1ccc(OCc2ccccc2)cc1. The molecule has 2 heterocycles. The number of nitrogens with zero attached hydrogens (tertiary/aromatic N) is 1. The molecule has 190 valence electrons. The van der Waals surface area contributed by atoms with E-state index >= 15 is 0 Å². The van der Waals surface area contributed by atoms with E-state index in [1.165, 1.54) is 19.1 Å². The Bertz CT molecular complexity index is 1320. The first kappa shape index (κ1) is 24.2. The number of ether oxygens (including phenoxy) is 4.